The molecule has 1 fully saturated rings. The third kappa shape index (κ3) is 4.20. The molecule has 1 atom stereocenters. The second-order valence-electron chi connectivity index (χ2n) is 5.48. The van der Waals surface area contributed by atoms with Gasteiger partial charge >= 0.3 is 6.09 Å². The lowest BCUT2D eigenvalue weighted by molar-refractivity contribution is 0.0184. The molecule has 1 aliphatic rings. The molecule has 16 heavy (non-hydrogen) atoms. The zero-order valence-electron chi connectivity index (χ0n) is 10.6. The number of amides is 1. The number of likely N-dealkylation sites (tertiary alicyclic amines) is 1. The van der Waals surface area contributed by atoms with Gasteiger partial charge in [-0.1, -0.05) is 0 Å². The molecule has 0 N–H and O–H groups in total. The molecule has 0 aromatic heterocycles. The summed E-state index contributed by atoms with van der Waals surface area (Å²) < 4.78 is 5.33. The van der Waals surface area contributed by atoms with Gasteiger partial charge in [-0.2, -0.15) is 0 Å². The minimum absolute atomic E-state index is 0.195. The van der Waals surface area contributed by atoms with Gasteiger partial charge in [0.25, 0.3) is 0 Å². The van der Waals surface area contributed by atoms with Gasteiger partial charge < -0.3 is 9.64 Å². The second kappa shape index (κ2) is 5.26. The molecule has 1 saturated heterocycles. The minimum Gasteiger partial charge on any atom is -0.444 e. The molecule has 1 aliphatic heterocycles. The number of alkyl halides is 1. The van der Waals surface area contributed by atoms with Gasteiger partial charge in [0.2, 0.25) is 0 Å². The molecule has 0 unspecified atom stereocenters. The van der Waals surface area contributed by atoms with Gasteiger partial charge in [-0.25, -0.2) is 4.79 Å². The number of hydrogen-bond acceptors (Lipinski definition) is 2. The van der Waals surface area contributed by atoms with Crippen LogP contribution in [0.1, 0.15) is 40.5 Å². The van der Waals surface area contributed by atoms with Crippen LogP contribution in [0.2, 0.25) is 0 Å². The van der Waals surface area contributed by atoms with Crippen molar-refractivity contribution in [3.8, 4) is 0 Å². The topological polar surface area (TPSA) is 29.5 Å². The van der Waals surface area contributed by atoms with Gasteiger partial charge in [0, 0.05) is 18.5 Å². The van der Waals surface area contributed by atoms with Crippen molar-refractivity contribution in [2.75, 3.05) is 13.1 Å². The highest BCUT2D eigenvalue weighted by Gasteiger charge is 2.28. The van der Waals surface area contributed by atoms with Crippen LogP contribution in [0.15, 0.2) is 0 Å². The fraction of sp³-hybridized carbons (Fsp3) is 0.917. The zero-order valence-corrected chi connectivity index (χ0v) is 11.4. The molecule has 1 heterocycles. The maximum absolute atomic E-state index is 11.8. The third-order valence-corrected chi connectivity index (χ3v) is 3.20. The Morgan fingerprint density at radius 1 is 1.38 bits per heavy atom. The SMILES string of the molecule is C[C@@H](Cl)C1CCN(C(=O)OC(C)(C)C)CC1. The van der Waals surface area contributed by atoms with E-state index in [0.717, 1.165) is 25.9 Å². The average Bonchev–Trinajstić information content (AvgIpc) is 2.15. The number of halogens is 1. The maximum atomic E-state index is 11.8. The Hall–Kier alpha value is -0.440. The Kier molecular flexibility index (Phi) is 4.48. The molecular weight excluding hydrogens is 226 g/mol. The molecule has 1 amide bonds. The quantitative estimate of drug-likeness (QED) is 0.666. The van der Waals surface area contributed by atoms with Crippen molar-refractivity contribution >= 4 is 17.7 Å². The van der Waals surface area contributed by atoms with Crippen molar-refractivity contribution in [3.63, 3.8) is 0 Å². The van der Waals surface area contributed by atoms with E-state index in [4.69, 9.17) is 16.3 Å². The van der Waals surface area contributed by atoms with Crippen LogP contribution >= 0.6 is 11.6 Å². The molecule has 1 rings (SSSR count). The van der Waals surface area contributed by atoms with Gasteiger partial charge in [-0.15, -0.1) is 11.6 Å². The van der Waals surface area contributed by atoms with E-state index in [1.165, 1.54) is 0 Å². The summed E-state index contributed by atoms with van der Waals surface area (Å²) >= 11 is 6.06. The summed E-state index contributed by atoms with van der Waals surface area (Å²) in [5.74, 6) is 0.528. The van der Waals surface area contributed by atoms with Gasteiger partial charge in [0.1, 0.15) is 5.60 Å². The van der Waals surface area contributed by atoms with Crippen LogP contribution in [0.5, 0.6) is 0 Å². The molecule has 3 nitrogen and oxygen atoms in total. The smallest absolute Gasteiger partial charge is 0.410 e. The van der Waals surface area contributed by atoms with E-state index in [0.29, 0.717) is 5.92 Å². The summed E-state index contributed by atoms with van der Waals surface area (Å²) in [7, 11) is 0. The number of carbonyl (C=O) groups is 1. The molecule has 0 radical (unpaired) electrons. The predicted molar refractivity (Wildman–Crippen MR) is 65.8 cm³/mol. The van der Waals surface area contributed by atoms with Crippen LogP contribution in [-0.2, 0) is 4.74 Å². The number of ether oxygens (including phenoxy) is 1. The monoisotopic (exact) mass is 247 g/mol. The average molecular weight is 248 g/mol. The molecule has 0 aromatic carbocycles. The van der Waals surface area contributed by atoms with Gasteiger partial charge in [0.05, 0.1) is 0 Å². The predicted octanol–water partition coefficient (Wildman–Crippen LogP) is 3.26. The Bertz CT molecular complexity index is 240. The van der Waals surface area contributed by atoms with E-state index in [1.807, 2.05) is 27.7 Å². The van der Waals surface area contributed by atoms with Gasteiger partial charge in [-0.3, -0.25) is 0 Å². The summed E-state index contributed by atoms with van der Waals surface area (Å²) in [5.41, 5.74) is -0.409. The van der Waals surface area contributed by atoms with Crippen molar-refractivity contribution < 1.29 is 9.53 Å². The largest absolute Gasteiger partial charge is 0.444 e. The lowest BCUT2D eigenvalue weighted by atomic mass is 9.94. The summed E-state index contributed by atoms with van der Waals surface area (Å²) in [6.07, 6.45) is 1.75. The van der Waals surface area contributed by atoms with Crippen LogP contribution in [-0.4, -0.2) is 35.1 Å². The molecule has 0 bridgehead atoms. The van der Waals surface area contributed by atoms with Crippen molar-refractivity contribution in [1.82, 2.24) is 4.90 Å². The van der Waals surface area contributed by atoms with Crippen LogP contribution in [0.4, 0.5) is 4.79 Å². The lowest BCUT2D eigenvalue weighted by Crippen LogP contribution is -2.42. The standard InChI is InChI=1S/C12H22ClNO2/c1-9(13)10-5-7-14(8-6-10)11(15)16-12(2,3)4/h9-10H,5-8H2,1-4H3/t9-/m1/s1. The first kappa shape index (κ1) is 13.6. The number of hydrogen-bond donors (Lipinski definition) is 0. The first-order valence-corrected chi connectivity index (χ1v) is 6.35. The summed E-state index contributed by atoms with van der Waals surface area (Å²) in [6, 6.07) is 0. The highest BCUT2D eigenvalue weighted by Crippen LogP contribution is 2.24. The summed E-state index contributed by atoms with van der Waals surface area (Å²) in [6.45, 7) is 9.21. The number of piperidine rings is 1. The Morgan fingerprint density at radius 3 is 2.25 bits per heavy atom. The molecular formula is C12H22ClNO2. The van der Waals surface area contributed by atoms with Crippen LogP contribution in [0.3, 0.4) is 0 Å². The zero-order chi connectivity index (χ0) is 12.3. The lowest BCUT2D eigenvalue weighted by Gasteiger charge is -2.34. The van der Waals surface area contributed by atoms with Crippen LogP contribution < -0.4 is 0 Å². The van der Waals surface area contributed by atoms with Crippen molar-refractivity contribution in [1.29, 1.82) is 0 Å². The van der Waals surface area contributed by atoms with Crippen molar-refractivity contribution in [3.05, 3.63) is 0 Å². The van der Waals surface area contributed by atoms with Gasteiger partial charge in [-0.05, 0) is 46.5 Å². The van der Waals surface area contributed by atoms with Gasteiger partial charge in [0.15, 0.2) is 0 Å². The Balaban J connectivity index is 2.39. The van der Waals surface area contributed by atoms with Crippen molar-refractivity contribution in [2.45, 2.75) is 51.5 Å². The summed E-state index contributed by atoms with van der Waals surface area (Å²) in [4.78, 5) is 13.5. The fourth-order valence-corrected chi connectivity index (χ4v) is 2.12. The van der Waals surface area contributed by atoms with E-state index in [9.17, 15) is 4.79 Å². The fourth-order valence-electron chi connectivity index (χ4n) is 1.87. The maximum Gasteiger partial charge on any atom is 0.410 e. The molecule has 0 aliphatic carbocycles. The molecule has 0 saturated carbocycles. The van der Waals surface area contributed by atoms with Crippen molar-refractivity contribution in [2.24, 2.45) is 5.92 Å². The Labute approximate surface area is 103 Å². The van der Waals surface area contributed by atoms with E-state index >= 15 is 0 Å². The van der Waals surface area contributed by atoms with E-state index < -0.39 is 5.60 Å². The van der Waals surface area contributed by atoms with E-state index in [1.54, 1.807) is 4.90 Å². The Morgan fingerprint density at radius 2 is 1.88 bits per heavy atom. The normalized spacial score (nSPS) is 20.7. The third-order valence-electron chi connectivity index (χ3n) is 2.84. The molecule has 0 aromatic rings. The highest BCUT2D eigenvalue weighted by atomic mass is 35.5. The first-order chi connectivity index (χ1) is 7.29. The molecule has 94 valence electrons. The summed E-state index contributed by atoms with van der Waals surface area (Å²) in [5, 5.41) is 0.195. The number of carbonyl (C=O) groups excluding carboxylic acids is 1. The second-order valence-corrected chi connectivity index (χ2v) is 6.17. The molecule has 0 spiro atoms. The van der Waals surface area contributed by atoms with Crippen LogP contribution in [0, 0.1) is 5.92 Å². The van der Waals surface area contributed by atoms with E-state index in [-0.39, 0.29) is 11.5 Å². The minimum atomic E-state index is -0.409. The molecule has 4 heteroatoms. The highest BCUT2D eigenvalue weighted by molar-refractivity contribution is 6.20. The first-order valence-electron chi connectivity index (χ1n) is 5.91. The number of rotatable bonds is 1. The van der Waals surface area contributed by atoms with Crippen LogP contribution in [0.25, 0.3) is 0 Å². The number of nitrogens with zero attached hydrogens (tertiary/aromatic N) is 1. The van der Waals surface area contributed by atoms with E-state index in [2.05, 4.69) is 0 Å².